The molecule has 0 saturated carbocycles. The second-order valence-electron chi connectivity index (χ2n) is 7.92. The lowest BCUT2D eigenvalue weighted by Gasteiger charge is -2.29. The van der Waals surface area contributed by atoms with Gasteiger partial charge in [0, 0.05) is 36.8 Å². The highest BCUT2D eigenvalue weighted by Crippen LogP contribution is 2.30. The Morgan fingerprint density at radius 1 is 1.10 bits per heavy atom. The van der Waals surface area contributed by atoms with E-state index in [2.05, 4.69) is 77.9 Å². The molecule has 0 aromatic heterocycles. The van der Waals surface area contributed by atoms with E-state index < -0.39 is 0 Å². The van der Waals surface area contributed by atoms with E-state index in [1.165, 1.54) is 16.8 Å². The number of rotatable bonds is 8. The number of benzene rings is 2. The number of nitriles is 1. The number of carbonyl (C=O) groups is 1. The first-order chi connectivity index (χ1) is 14.6. The first-order valence-corrected chi connectivity index (χ1v) is 11.4. The van der Waals surface area contributed by atoms with Crippen LogP contribution in [-0.4, -0.2) is 43.9 Å². The summed E-state index contributed by atoms with van der Waals surface area (Å²) >= 11 is 1.57. The maximum absolute atomic E-state index is 12.4. The van der Waals surface area contributed by atoms with Gasteiger partial charge in [-0.15, -0.1) is 11.8 Å². The summed E-state index contributed by atoms with van der Waals surface area (Å²) in [5.41, 5.74) is 3.63. The van der Waals surface area contributed by atoms with Gasteiger partial charge in [-0.1, -0.05) is 38.1 Å². The minimum atomic E-state index is -0.192. The van der Waals surface area contributed by atoms with Gasteiger partial charge in [-0.2, -0.15) is 5.26 Å². The smallest absolute Gasteiger partial charge is 0.234 e. The number of anilines is 1. The Morgan fingerprint density at radius 2 is 1.70 bits per heavy atom. The molecule has 2 N–H and O–H groups in total. The molecule has 1 atom stereocenters. The average Bonchev–Trinajstić information content (AvgIpc) is 2.78. The first-order valence-electron chi connectivity index (χ1n) is 10.5. The summed E-state index contributed by atoms with van der Waals surface area (Å²) in [5.74, 6) is 0.339. The summed E-state index contributed by atoms with van der Waals surface area (Å²) in [6, 6.07) is 19.1. The fourth-order valence-electron chi connectivity index (χ4n) is 3.56. The lowest BCUT2D eigenvalue weighted by molar-refractivity contribution is -0.120. The number of hydrogen-bond donors (Lipinski definition) is 2. The number of carbonyl (C=O) groups excluding carboxylic acids is 1. The molecule has 1 aliphatic heterocycles. The molecule has 1 fully saturated rings. The summed E-state index contributed by atoms with van der Waals surface area (Å²) in [6.07, 6.45) is 0.775. The zero-order chi connectivity index (χ0) is 21.3. The van der Waals surface area contributed by atoms with Crippen LogP contribution < -0.4 is 15.5 Å². The Kier molecular flexibility index (Phi) is 8.18. The summed E-state index contributed by atoms with van der Waals surface area (Å²) in [4.78, 5) is 15.9. The SMILES string of the molecule is CC(C)C[C@H](Sc1ccc(-c2ccc(N3CCNCC3)cc2)cc1)C(=O)NCC#N. The Balaban J connectivity index is 1.65. The van der Waals surface area contributed by atoms with Crippen LogP contribution >= 0.6 is 11.8 Å². The van der Waals surface area contributed by atoms with Crippen LogP contribution in [0.3, 0.4) is 0 Å². The molecule has 0 bridgehead atoms. The highest BCUT2D eigenvalue weighted by Gasteiger charge is 2.21. The Bertz CT molecular complexity index is 852. The van der Waals surface area contributed by atoms with Gasteiger partial charge < -0.3 is 15.5 Å². The molecule has 1 saturated heterocycles. The highest BCUT2D eigenvalue weighted by molar-refractivity contribution is 8.00. The lowest BCUT2D eigenvalue weighted by atomic mass is 10.1. The van der Waals surface area contributed by atoms with Crippen LogP contribution in [0, 0.1) is 17.2 Å². The number of piperazine rings is 1. The van der Waals surface area contributed by atoms with Crippen LogP contribution in [0.4, 0.5) is 5.69 Å². The van der Waals surface area contributed by atoms with Gasteiger partial charge in [-0.25, -0.2) is 0 Å². The fourth-order valence-corrected chi connectivity index (χ4v) is 4.85. The first kappa shape index (κ1) is 22.2. The van der Waals surface area contributed by atoms with Crippen molar-refractivity contribution in [2.45, 2.75) is 30.4 Å². The average molecular weight is 423 g/mol. The summed E-state index contributed by atoms with van der Waals surface area (Å²) < 4.78 is 0. The molecule has 1 aliphatic rings. The van der Waals surface area contributed by atoms with Gasteiger partial charge in [-0.3, -0.25) is 4.79 Å². The largest absolute Gasteiger partial charge is 0.369 e. The summed E-state index contributed by atoms with van der Waals surface area (Å²) in [6.45, 7) is 8.43. The van der Waals surface area contributed by atoms with Crippen LogP contribution in [0.5, 0.6) is 0 Å². The van der Waals surface area contributed by atoms with E-state index in [0.29, 0.717) is 5.92 Å². The van der Waals surface area contributed by atoms with Crippen molar-refractivity contribution >= 4 is 23.4 Å². The molecular weight excluding hydrogens is 392 g/mol. The molecule has 2 aromatic carbocycles. The van der Waals surface area contributed by atoms with Crippen molar-refractivity contribution < 1.29 is 4.79 Å². The fraction of sp³-hybridized carbons (Fsp3) is 0.417. The molecule has 0 spiro atoms. The molecule has 1 heterocycles. The van der Waals surface area contributed by atoms with E-state index in [1.54, 1.807) is 11.8 Å². The van der Waals surface area contributed by atoms with Crippen molar-refractivity contribution in [3.8, 4) is 17.2 Å². The van der Waals surface area contributed by atoms with Crippen molar-refractivity contribution in [3.63, 3.8) is 0 Å². The molecule has 6 heteroatoms. The van der Waals surface area contributed by atoms with Crippen LogP contribution in [0.2, 0.25) is 0 Å². The van der Waals surface area contributed by atoms with Crippen molar-refractivity contribution in [1.29, 1.82) is 5.26 Å². The topological polar surface area (TPSA) is 68.2 Å². The molecule has 0 aliphatic carbocycles. The molecule has 1 amide bonds. The van der Waals surface area contributed by atoms with E-state index in [1.807, 2.05) is 6.07 Å². The van der Waals surface area contributed by atoms with E-state index >= 15 is 0 Å². The van der Waals surface area contributed by atoms with Gasteiger partial charge in [0.2, 0.25) is 5.91 Å². The van der Waals surface area contributed by atoms with Crippen LogP contribution in [-0.2, 0) is 4.79 Å². The number of thioether (sulfide) groups is 1. The maximum atomic E-state index is 12.4. The number of hydrogen-bond acceptors (Lipinski definition) is 5. The van der Waals surface area contributed by atoms with E-state index in [-0.39, 0.29) is 17.7 Å². The van der Waals surface area contributed by atoms with E-state index in [9.17, 15) is 4.79 Å². The number of nitrogens with one attached hydrogen (secondary N) is 2. The minimum absolute atomic E-state index is 0.0524. The molecule has 0 unspecified atom stereocenters. The molecule has 158 valence electrons. The van der Waals surface area contributed by atoms with E-state index in [4.69, 9.17) is 5.26 Å². The van der Waals surface area contributed by atoms with Gasteiger partial charge >= 0.3 is 0 Å². The number of nitrogens with zero attached hydrogens (tertiary/aromatic N) is 2. The molecule has 5 nitrogen and oxygen atoms in total. The second kappa shape index (κ2) is 11.1. The predicted molar refractivity (Wildman–Crippen MR) is 125 cm³/mol. The normalized spacial score (nSPS) is 14.9. The molecule has 0 radical (unpaired) electrons. The van der Waals surface area contributed by atoms with Crippen LogP contribution in [0.15, 0.2) is 53.4 Å². The Hall–Kier alpha value is -2.49. The summed E-state index contributed by atoms with van der Waals surface area (Å²) in [5, 5.41) is 14.6. The van der Waals surface area contributed by atoms with Gasteiger partial charge in [-0.05, 0) is 47.7 Å². The monoisotopic (exact) mass is 422 g/mol. The standard InChI is InChI=1S/C24H30N4OS/c1-18(2)17-23(24(29)27-12-11-25)30-22-9-5-20(6-10-22)19-3-7-21(8-4-19)28-15-13-26-14-16-28/h3-10,18,23,26H,12-17H2,1-2H3,(H,27,29)/t23-/m0/s1. The lowest BCUT2D eigenvalue weighted by Crippen LogP contribution is -2.43. The molecular formula is C24H30N4OS. The van der Waals surface area contributed by atoms with Crippen molar-refractivity contribution in [1.82, 2.24) is 10.6 Å². The predicted octanol–water partition coefficient (Wildman–Crippen LogP) is 3.91. The van der Waals surface area contributed by atoms with E-state index in [0.717, 1.165) is 37.5 Å². The second-order valence-corrected chi connectivity index (χ2v) is 9.20. The quantitative estimate of drug-likeness (QED) is 0.499. The zero-order valence-electron chi connectivity index (χ0n) is 17.7. The van der Waals surface area contributed by atoms with Gasteiger partial charge in [0.15, 0.2) is 0 Å². The van der Waals surface area contributed by atoms with Gasteiger partial charge in [0.05, 0.1) is 11.3 Å². The third-order valence-corrected chi connectivity index (χ3v) is 6.37. The highest BCUT2D eigenvalue weighted by atomic mass is 32.2. The Labute approximate surface area is 183 Å². The molecule has 2 aromatic rings. The molecule has 30 heavy (non-hydrogen) atoms. The minimum Gasteiger partial charge on any atom is -0.369 e. The summed E-state index contributed by atoms with van der Waals surface area (Å²) in [7, 11) is 0. The van der Waals surface area contributed by atoms with Crippen molar-refractivity contribution in [2.75, 3.05) is 37.6 Å². The van der Waals surface area contributed by atoms with Crippen LogP contribution in [0.25, 0.3) is 11.1 Å². The number of amides is 1. The third-order valence-electron chi connectivity index (χ3n) is 5.14. The van der Waals surface area contributed by atoms with Crippen molar-refractivity contribution in [2.24, 2.45) is 5.92 Å². The molecule has 3 rings (SSSR count). The van der Waals surface area contributed by atoms with Crippen LogP contribution in [0.1, 0.15) is 20.3 Å². The van der Waals surface area contributed by atoms with Gasteiger partial charge in [0.1, 0.15) is 6.54 Å². The maximum Gasteiger partial charge on any atom is 0.234 e. The van der Waals surface area contributed by atoms with Gasteiger partial charge in [0.25, 0.3) is 0 Å². The third kappa shape index (κ3) is 6.25. The van der Waals surface area contributed by atoms with Crippen molar-refractivity contribution in [3.05, 3.63) is 48.5 Å². The Morgan fingerprint density at radius 3 is 2.27 bits per heavy atom. The zero-order valence-corrected chi connectivity index (χ0v) is 18.5.